The van der Waals surface area contributed by atoms with Gasteiger partial charge in [-0.15, -0.1) is 5.92 Å². The van der Waals surface area contributed by atoms with Crippen LogP contribution in [-0.4, -0.2) is 24.5 Å². The van der Waals surface area contributed by atoms with E-state index < -0.39 is 0 Å². The fourth-order valence-electron chi connectivity index (χ4n) is 3.26. The van der Waals surface area contributed by atoms with Crippen LogP contribution in [0.5, 0.6) is 0 Å². The van der Waals surface area contributed by atoms with Crippen molar-refractivity contribution in [2.45, 2.75) is 31.6 Å². The van der Waals surface area contributed by atoms with Crippen molar-refractivity contribution in [3.8, 4) is 11.8 Å². The zero-order valence-electron chi connectivity index (χ0n) is 13.7. The number of hydrogen-bond acceptors (Lipinski definition) is 1. The molecule has 3 rings (SSSR count). The topological polar surface area (TPSA) is 3.24 Å². The summed E-state index contributed by atoms with van der Waals surface area (Å²) in [7, 11) is 0. The summed E-state index contributed by atoms with van der Waals surface area (Å²) in [5.41, 5.74) is 2.71. The zero-order chi connectivity index (χ0) is 15.7. The van der Waals surface area contributed by atoms with Gasteiger partial charge in [0.25, 0.3) is 0 Å². The molecule has 118 valence electrons. The number of rotatable bonds is 4. The van der Waals surface area contributed by atoms with Crippen molar-refractivity contribution in [2.24, 2.45) is 0 Å². The van der Waals surface area contributed by atoms with E-state index >= 15 is 0 Å². The summed E-state index contributed by atoms with van der Waals surface area (Å²) in [4.78, 5) is 2.48. The van der Waals surface area contributed by atoms with Gasteiger partial charge in [0.05, 0.1) is 6.54 Å². The highest BCUT2D eigenvalue weighted by molar-refractivity contribution is 5.33. The number of likely N-dealkylation sites (tertiary alicyclic amines) is 1. The van der Waals surface area contributed by atoms with E-state index in [0.717, 1.165) is 13.0 Å². The van der Waals surface area contributed by atoms with Crippen LogP contribution in [0.4, 0.5) is 0 Å². The van der Waals surface area contributed by atoms with Crippen molar-refractivity contribution >= 4 is 0 Å². The molecule has 1 heteroatoms. The van der Waals surface area contributed by atoms with Crippen LogP contribution in [0.1, 0.15) is 42.7 Å². The van der Waals surface area contributed by atoms with Crippen LogP contribution >= 0.6 is 0 Å². The van der Waals surface area contributed by atoms with E-state index in [4.69, 9.17) is 0 Å². The smallest absolute Gasteiger partial charge is 0.0601 e. The fourth-order valence-corrected chi connectivity index (χ4v) is 3.26. The lowest BCUT2D eigenvalue weighted by atomic mass is 9.89. The maximum Gasteiger partial charge on any atom is 0.0601 e. The van der Waals surface area contributed by atoms with Crippen molar-refractivity contribution in [3.05, 3.63) is 71.8 Å². The Bertz CT molecular complexity index is 590. The number of nitrogens with zero attached hydrogens (tertiary/aromatic N) is 1. The van der Waals surface area contributed by atoms with E-state index in [1.165, 1.54) is 43.5 Å². The molecule has 1 fully saturated rings. The standard InChI is InChI=1S/C22H25N/c1-4-12-20(13-5-1)22(21-14-6-2-7-15-21)16-8-11-19-23-17-9-3-10-18-23/h1-2,4-7,12-15,22H,3,9-10,16-19H2. The SMILES string of the molecule is C(#CCN1CCCCC1)CC(c1ccccc1)c1ccccc1. The molecule has 1 aliphatic heterocycles. The fraction of sp³-hybridized carbons (Fsp3) is 0.364. The first-order valence-electron chi connectivity index (χ1n) is 8.71. The summed E-state index contributed by atoms with van der Waals surface area (Å²) in [6.07, 6.45) is 4.94. The molecule has 0 atom stereocenters. The van der Waals surface area contributed by atoms with Gasteiger partial charge < -0.3 is 0 Å². The molecule has 0 N–H and O–H groups in total. The zero-order valence-corrected chi connectivity index (χ0v) is 13.7. The monoisotopic (exact) mass is 303 g/mol. The predicted molar refractivity (Wildman–Crippen MR) is 97.4 cm³/mol. The molecule has 2 aromatic rings. The second-order valence-corrected chi connectivity index (χ2v) is 6.27. The first-order chi connectivity index (χ1) is 11.4. The quantitative estimate of drug-likeness (QED) is 0.740. The summed E-state index contributed by atoms with van der Waals surface area (Å²) in [6.45, 7) is 3.36. The van der Waals surface area contributed by atoms with E-state index in [-0.39, 0.29) is 0 Å². The van der Waals surface area contributed by atoms with Crippen molar-refractivity contribution in [1.29, 1.82) is 0 Å². The summed E-state index contributed by atoms with van der Waals surface area (Å²) in [5.74, 6) is 7.21. The number of piperidine rings is 1. The molecule has 23 heavy (non-hydrogen) atoms. The van der Waals surface area contributed by atoms with E-state index in [1.54, 1.807) is 0 Å². The van der Waals surface area contributed by atoms with Crippen molar-refractivity contribution in [3.63, 3.8) is 0 Å². The molecule has 0 saturated carbocycles. The lowest BCUT2D eigenvalue weighted by molar-refractivity contribution is 0.255. The van der Waals surface area contributed by atoms with Crippen LogP contribution in [0, 0.1) is 11.8 Å². The maximum absolute atomic E-state index is 3.44. The van der Waals surface area contributed by atoms with E-state index in [0.29, 0.717) is 5.92 Å². The van der Waals surface area contributed by atoms with Crippen molar-refractivity contribution in [1.82, 2.24) is 4.90 Å². The number of benzene rings is 2. The Balaban J connectivity index is 1.67. The van der Waals surface area contributed by atoms with Crippen LogP contribution < -0.4 is 0 Å². The van der Waals surface area contributed by atoms with Gasteiger partial charge >= 0.3 is 0 Å². The molecule has 1 saturated heterocycles. The minimum absolute atomic E-state index is 0.367. The second kappa shape index (κ2) is 8.56. The summed E-state index contributed by atoms with van der Waals surface area (Å²) in [6, 6.07) is 21.5. The van der Waals surface area contributed by atoms with Gasteiger partial charge in [0.2, 0.25) is 0 Å². The molecule has 2 aromatic carbocycles. The summed E-state index contributed by atoms with van der Waals surface area (Å²) in [5, 5.41) is 0. The maximum atomic E-state index is 3.44. The first-order valence-corrected chi connectivity index (χ1v) is 8.71. The predicted octanol–water partition coefficient (Wildman–Crippen LogP) is 4.70. The van der Waals surface area contributed by atoms with Crippen LogP contribution in [0.25, 0.3) is 0 Å². The van der Waals surface area contributed by atoms with Crippen LogP contribution in [-0.2, 0) is 0 Å². The minimum atomic E-state index is 0.367. The average molecular weight is 303 g/mol. The van der Waals surface area contributed by atoms with Crippen molar-refractivity contribution in [2.75, 3.05) is 19.6 Å². The molecule has 0 spiro atoms. The normalized spacial score (nSPS) is 15.2. The third-order valence-corrected chi connectivity index (χ3v) is 4.59. The molecular weight excluding hydrogens is 278 g/mol. The molecule has 1 nitrogen and oxygen atoms in total. The molecular formula is C22H25N. The van der Waals surface area contributed by atoms with E-state index in [2.05, 4.69) is 77.4 Å². The molecule has 0 aromatic heterocycles. The molecule has 0 unspecified atom stereocenters. The van der Waals surface area contributed by atoms with Gasteiger partial charge in [-0.25, -0.2) is 0 Å². The third kappa shape index (κ3) is 4.71. The summed E-state index contributed by atoms with van der Waals surface area (Å²) >= 11 is 0. The Morgan fingerprint density at radius 1 is 0.739 bits per heavy atom. The summed E-state index contributed by atoms with van der Waals surface area (Å²) < 4.78 is 0. The van der Waals surface area contributed by atoms with Gasteiger partial charge in [-0.3, -0.25) is 4.90 Å². The molecule has 1 aliphatic rings. The molecule has 0 radical (unpaired) electrons. The second-order valence-electron chi connectivity index (χ2n) is 6.27. The van der Waals surface area contributed by atoms with Gasteiger partial charge in [-0.1, -0.05) is 73.0 Å². The van der Waals surface area contributed by atoms with E-state index in [9.17, 15) is 0 Å². The van der Waals surface area contributed by atoms with Gasteiger partial charge in [0.1, 0.15) is 0 Å². The first kappa shape index (κ1) is 15.8. The Labute approximate surface area is 140 Å². The average Bonchev–Trinajstić information content (AvgIpc) is 2.64. The molecule has 0 amide bonds. The van der Waals surface area contributed by atoms with Gasteiger partial charge in [0, 0.05) is 12.3 Å². The molecule has 1 heterocycles. The highest BCUT2D eigenvalue weighted by atomic mass is 15.1. The van der Waals surface area contributed by atoms with Gasteiger partial charge in [-0.05, 0) is 37.1 Å². The largest absolute Gasteiger partial charge is 0.292 e. The number of hydrogen-bond donors (Lipinski definition) is 0. The highest BCUT2D eigenvalue weighted by Gasteiger charge is 2.12. The van der Waals surface area contributed by atoms with E-state index in [1.807, 2.05) is 0 Å². The minimum Gasteiger partial charge on any atom is -0.292 e. The Kier molecular flexibility index (Phi) is 5.89. The van der Waals surface area contributed by atoms with Gasteiger partial charge in [0.15, 0.2) is 0 Å². The lowest BCUT2D eigenvalue weighted by Gasteiger charge is -2.23. The Hall–Kier alpha value is -2.04. The Morgan fingerprint density at radius 2 is 1.30 bits per heavy atom. The van der Waals surface area contributed by atoms with Crippen LogP contribution in [0.15, 0.2) is 60.7 Å². The molecule has 0 bridgehead atoms. The molecule has 0 aliphatic carbocycles. The highest BCUT2D eigenvalue weighted by Crippen LogP contribution is 2.27. The van der Waals surface area contributed by atoms with Crippen LogP contribution in [0.2, 0.25) is 0 Å². The van der Waals surface area contributed by atoms with Gasteiger partial charge in [-0.2, -0.15) is 0 Å². The third-order valence-electron chi connectivity index (χ3n) is 4.59. The van der Waals surface area contributed by atoms with Crippen LogP contribution in [0.3, 0.4) is 0 Å². The lowest BCUT2D eigenvalue weighted by Crippen LogP contribution is -2.29. The Morgan fingerprint density at radius 3 is 1.87 bits per heavy atom. The van der Waals surface area contributed by atoms with Crippen molar-refractivity contribution < 1.29 is 0 Å².